The normalized spacial score (nSPS) is 28.6. The Hall–Kier alpha value is -4.52. The lowest BCUT2D eigenvalue weighted by Crippen LogP contribution is -2.48. The standard InChI is InChI=1S/C41H40F5N3O3S/c1-27-22-30(14-15-34(27)41(44,45)46)29-12-10-28(11-13-29)24-48(32-16-18-47(19-17-32)20-21-52-2)38(51)25-49-36-9-4-3-7-33(36)37(50)23-39(49)53-26-31-6-5-8-35(42)40(31)43/h3-15,22-23,32H,16-21,24-26H2,1-2H3/i2D3,3D,4D,5D,6D,7D,8D,9D,10D,11D,12D,13D,14D,15D,16D2,17D2,18D2,19D2,21D2,22D,23D,24D2,25D2,32D. The summed E-state index contributed by atoms with van der Waals surface area (Å²) in [6.45, 7) is -25.1. The number of benzene rings is 4. The van der Waals surface area contributed by atoms with Crippen LogP contribution in [0.1, 0.15) is 80.2 Å². The number of piperidine rings is 1. The minimum atomic E-state index is -5.45. The molecular weight excluding hydrogens is 710 g/mol. The first-order valence-corrected chi connectivity index (χ1v) is 15.3. The summed E-state index contributed by atoms with van der Waals surface area (Å²) >= 11 is -0.328. The number of thioether (sulfide) groups is 1. The highest BCUT2D eigenvalue weighted by atomic mass is 32.2. The fraction of sp³-hybridized carbons (Fsp3) is 0.317. The molecule has 1 amide bonds. The Kier molecular flexibility index (Phi) is 4.59. The average Bonchev–Trinajstić information content (AvgIpc) is 0.661. The van der Waals surface area contributed by atoms with Crippen molar-refractivity contribution in [3.05, 3.63) is 135 Å². The molecule has 6 rings (SSSR count). The van der Waals surface area contributed by atoms with Gasteiger partial charge in [-0.3, -0.25) is 9.59 Å². The van der Waals surface area contributed by atoms with Crippen molar-refractivity contribution in [3.8, 4) is 11.1 Å². The van der Waals surface area contributed by atoms with Gasteiger partial charge in [-0.05, 0) is 66.1 Å². The van der Waals surface area contributed by atoms with Gasteiger partial charge in [-0.15, -0.1) is 11.8 Å². The number of carbonyl (C=O) groups excluding carboxylic acids is 1. The molecule has 6 nitrogen and oxygen atoms in total. The van der Waals surface area contributed by atoms with Gasteiger partial charge in [-0.25, -0.2) is 8.78 Å². The van der Waals surface area contributed by atoms with Crippen molar-refractivity contribution in [2.24, 2.45) is 0 Å². The van der Waals surface area contributed by atoms with Crippen molar-refractivity contribution < 1.29 is 76.7 Å². The molecule has 278 valence electrons. The van der Waals surface area contributed by atoms with Crippen LogP contribution in [0, 0.1) is 18.6 Å². The van der Waals surface area contributed by atoms with Gasteiger partial charge < -0.3 is 19.1 Å². The Morgan fingerprint density at radius 3 is 2.51 bits per heavy atom. The third kappa shape index (κ3) is 9.00. The van der Waals surface area contributed by atoms with E-state index in [0.717, 1.165) is 0 Å². The van der Waals surface area contributed by atoms with Crippen LogP contribution in [-0.4, -0.2) is 59.4 Å². The van der Waals surface area contributed by atoms with Crippen LogP contribution in [-0.2, 0) is 34.5 Å². The van der Waals surface area contributed by atoms with Gasteiger partial charge in [-0.1, -0.05) is 60.4 Å². The molecule has 0 saturated carbocycles. The highest BCUT2D eigenvalue weighted by Crippen LogP contribution is 2.34. The molecule has 5 aromatic rings. The summed E-state index contributed by atoms with van der Waals surface area (Å²) in [6.07, 6.45) is -15.7. The van der Waals surface area contributed by atoms with E-state index < -0.39 is 254 Å². The molecule has 0 aliphatic carbocycles. The number of rotatable bonds is 12. The zero-order chi connectivity index (χ0) is 66.7. The highest BCUT2D eigenvalue weighted by molar-refractivity contribution is 7.98. The maximum atomic E-state index is 16.1. The second-order valence-electron chi connectivity index (χ2n) is 10.1. The molecule has 1 saturated heterocycles. The Labute approximate surface area is 355 Å². The molecule has 4 aromatic carbocycles. The Balaban J connectivity index is 1.85. The maximum absolute atomic E-state index is 16.1. The SMILES string of the molecule is [2H]c1c([2H])c(F)c(F)c(CSc2c([2H])c(=O)c3c([2H])c([2H])c([2H])c([2H])c3n2C([2H])([2H])C(=O)N(C([2H])([2H])c2c([2H])c([2H])c(-c3c([2H])c([2H])c(C(F)(F)F)c(C)c3[2H])c([2H])c2[2H])C2([2H])C([2H])([2H])C([2H])([2H])N(CC([2H])([2H])OC([2H])([2H])[2H])C([2H])([2H])C2([2H])[2H])c1[2H]. The van der Waals surface area contributed by atoms with E-state index in [9.17, 15) is 34.7 Å². The maximum Gasteiger partial charge on any atom is 0.416 e. The molecule has 1 aromatic heterocycles. The zero-order valence-corrected chi connectivity index (χ0v) is 27.1. The van der Waals surface area contributed by atoms with Crippen LogP contribution >= 0.6 is 11.8 Å². The number of aromatic nitrogens is 1. The second-order valence-corrected chi connectivity index (χ2v) is 11.1. The number of hydrogen-bond donors (Lipinski definition) is 0. The summed E-state index contributed by atoms with van der Waals surface area (Å²) < 4.78 is 365. The van der Waals surface area contributed by atoms with Crippen molar-refractivity contribution in [2.45, 2.75) is 55.6 Å². The number of halogens is 5. The van der Waals surface area contributed by atoms with E-state index in [4.69, 9.17) is 32.9 Å². The third-order valence-corrected chi connectivity index (χ3v) is 7.66. The number of para-hydroxylation sites is 1. The Morgan fingerprint density at radius 2 is 1.77 bits per heavy atom. The van der Waals surface area contributed by atoms with Crippen molar-refractivity contribution in [1.29, 1.82) is 0 Å². The largest absolute Gasteiger partial charge is 0.416 e. The summed E-state index contributed by atoms with van der Waals surface area (Å²) in [4.78, 5) is 28.0. The number of ether oxygens (including phenoxy) is 1. The van der Waals surface area contributed by atoms with Crippen LogP contribution in [0.25, 0.3) is 22.0 Å². The van der Waals surface area contributed by atoms with Crippen molar-refractivity contribution in [2.75, 3.05) is 33.1 Å². The number of fused-ring (bicyclic) bond motifs is 1. The van der Waals surface area contributed by atoms with Crippen molar-refractivity contribution in [1.82, 2.24) is 14.4 Å². The predicted octanol–water partition coefficient (Wildman–Crippen LogP) is 8.71. The van der Waals surface area contributed by atoms with E-state index in [-0.39, 0.29) is 11.8 Å². The van der Waals surface area contributed by atoms with E-state index in [1.54, 1.807) is 0 Å². The van der Waals surface area contributed by atoms with Crippen LogP contribution in [0.4, 0.5) is 22.0 Å². The lowest BCUT2D eigenvalue weighted by atomic mass is 9.98. The topological polar surface area (TPSA) is 54.8 Å². The van der Waals surface area contributed by atoms with E-state index >= 15 is 9.18 Å². The quantitative estimate of drug-likeness (QED) is 0.0937. The summed E-state index contributed by atoms with van der Waals surface area (Å²) in [5.74, 6) is -8.79. The fourth-order valence-electron chi connectivity index (χ4n) is 4.26. The van der Waals surface area contributed by atoms with Crippen LogP contribution in [0.5, 0.6) is 0 Å². The minimum Gasteiger partial charge on any atom is -0.383 e. The molecule has 1 aliphatic heterocycles. The van der Waals surface area contributed by atoms with Gasteiger partial charge >= 0.3 is 6.18 Å². The number of carbonyl (C=O) groups is 1. The summed E-state index contributed by atoms with van der Waals surface area (Å²) in [5, 5.41) is -3.03. The van der Waals surface area contributed by atoms with E-state index in [2.05, 4.69) is 4.74 Å². The van der Waals surface area contributed by atoms with Crippen LogP contribution in [0.2, 0.25) is 0 Å². The highest BCUT2D eigenvalue weighted by Gasteiger charge is 2.32. The molecule has 0 N–H and O–H groups in total. The van der Waals surface area contributed by atoms with Gasteiger partial charge in [0.1, 0.15) is 6.50 Å². The molecule has 1 aliphatic rings. The first-order chi connectivity index (χ1) is 38.5. The Bertz CT molecular complexity index is 3670. The van der Waals surface area contributed by atoms with Crippen LogP contribution in [0.3, 0.4) is 0 Å². The van der Waals surface area contributed by atoms with Crippen LogP contribution in [0.15, 0.2) is 100 Å². The van der Waals surface area contributed by atoms with E-state index in [1.165, 1.54) is 0 Å². The number of nitrogens with zero attached hydrogens (tertiary/aromatic N) is 3. The predicted molar refractivity (Wildman–Crippen MR) is 198 cm³/mol. The Morgan fingerprint density at radius 1 is 1.04 bits per heavy atom. The molecule has 12 heteroatoms. The number of likely N-dealkylation sites (tertiary alicyclic amines) is 1. The average molecular weight is 783 g/mol. The van der Waals surface area contributed by atoms with Gasteiger partial charge in [0.2, 0.25) is 5.91 Å². The first-order valence-electron chi connectivity index (χ1n) is 30.8. The number of pyridine rings is 1. The number of hydrogen-bond acceptors (Lipinski definition) is 5. The van der Waals surface area contributed by atoms with Gasteiger partial charge in [0.25, 0.3) is 0 Å². The van der Waals surface area contributed by atoms with Gasteiger partial charge in [-0.2, -0.15) is 13.2 Å². The summed E-state index contributed by atoms with van der Waals surface area (Å²) in [6, 6.07) is -29.3. The molecular formula is C41H40F5N3O3S. The molecule has 0 atom stereocenters. The smallest absolute Gasteiger partial charge is 0.383 e. The molecule has 0 spiro atoms. The van der Waals surface area contributed by atoms with Gasteiger partial charge in [0.15, 0.2) is 17.1 Å². The molecule has 53 heavy (non-hydrogen) atoms. The summed E-state index contributed by atoms with van der Waals surface area (Å²) in [5.41, 5.74) is -12.6. The van der Waals surface area contributed by atoms with E-state index in [0.29, 0.717) is 6.92 Å². The zero-order valence-electron chi connectivity index (χ0n) is 59.3. The lowest BCUT2D eigenvalue weighted by Gasteiger charge is -2.39. The van der Waals surface area contributed by atoms with E-state index in [1.807, 2.05) is 0 Å². The van der Waals surface area contributed by atoms with Gasteiger partial charge in [0.05, 0.1) is 56.9 Å². The first kappa shape index (κ1) is 14.6. The lowest BCUT2D eigenvalue weighted by molar-refractivity contribution is -0.138. The summed E-state index contributed by atoms with van der Waals surface area (Å²) in [7, 11) is -3.80. The molecule has 0 unspecified atom stereocenters. The fourth-order valence-corrected chi connectivity index (χ4v) is 5.17. The molecule has 2 heterocycles. The van der Waals surface area contributed by atoms with Crippen molar-refractivity contribution in [3.63, 3.8) is 0 Å². The molecule has 1 fully saturated rings. The number of amides is 1. The second kappa shape index (κ2) is 16.7. The van der Waals surface area contributed by atoms with Crippen LogP contribution < -0.4 is 5.43 Å². The monoisotopic (exact) mass is 782 g/mol. The number of alkyl halides is 3. The number of methoxy groups -OCH3 is 1. The molecule has 0 bridgehead atoms. The third-order valence-electron chi connectivity index (χ3n) is 6.67. The van der Waals surface area contributed by atoms with Crippen molar-refractivity contribution >= 4 is 28.6 Å². The van der Waals surface area contributed by atoms with Gasteiger partial charge in [0, 0.05) is 72.8 Å². The molecule has 0 radical (unpaired) electrons. The minimum absolute atomic E-state index is 0.328.